The number of nitrogens with zero attached hydrogens (tertiary/aromatic N) is 2. The summed E-state index contributed by atoms with van der Waals surface area (Å²) in [7, 11) is 0. The Labute approximate surface area is 241 Å². The van der Waals surface area contributed by atoms with E-state index in [1.165, 1.54) is 17.4 Å². The molecule has 0 saturated carbocycles. The summed E-state index contributed by atoms with van der Waals surface area (Å²) in [4.78, 5) is 23.9. The number of aromatic carboxylic acids is 1. The Morgan fingerprint density at radius 2 is 1.97 bits per heavy atom. The predicted octanol–water partition coefficient (Wildman–Crippen LogP) is 6.89. The van der Waals surface area contributed by atoms with Crippen LogP contribution in [-0.2, 0) is 18.2 Å². The molecule has 3 aromatic heterocycles. The molecule has 7 nitrogen and oxygen atoms in total. The molecule has 0 radical (unpaired) electrons. The van der Waals surface area contributed by atoms with Crippen molar-refractivity contribution in [2.45, 2.75) is 38.0 Å². The molecule has 1 unspecified atom stereocenters. The SMILES string of the molecule is Cc1c(Br)c(Nc2cc(C(F)(F)F)ccn2)nc(-c2c[nH+]c(C3(O)CCCc4cc(C(=O)O)ccc43)s2)c1Br. The molecule has 4 aromatic rings. The van der Waals surface area contributed by atoms with Crippen molar-refractivity contribution in [1.29, 1.82) is 0 Å². The number of benzene rings is 1. The molecule has 3 heterocycles. The van der Waals surface area contributed by atoms with E-state index < -0.39 is 23.3 Å². The standard InChI is InChI=1S/C26H19Br2F3N4O3S/c1-12-19(27)21(35-22(20(12)28)34-18-10-15(6-8-32-18)26(29,30)31)17-11-33-24(39-17)25(38)7-2-3-13-9-14(23(36)37)4-5-16(13)25/h4-6,8-11,38H,2-3,7H2,1H3,(H,36,37)(H,32,34,35)/p+1. The van der Waals surface area contributed by atoms with Gasteiger partial charge in [0.1, 0.15) is 22.2 Å². The third-order valence-corrected chi connectivity index (χ3v) is 9.70. The van der Waals surface area contributed by atoms with Crippen LogP contribution < -0.4 is 10.3 Å². The van der Waals surface area contributed by atoms with Crippen molar-refractivity contribution >= 4 is 60.8 Å². The maximum Gasteiger partial charge on any atom is 0.416 e. The lowest BCUT2D eigenvalue weighted by Gasteiger charge is -2.30. The summed E-state index contributed by atoms with van der Waals surface area (Å²) >= 11 is 8.35. The molecule has 1 aliphatic rings. The predicted molar refractivity (Wildman–Crippen MR) is 146 cm³/mol. The van der Waals surface area contributed by atoms with Crippen molar-refractivity contribution in [3.8, 4) is 10.6 Å². The summed E-state index contributed by atoms with van der Waals surface area (Å²) in [5.74, 6) is -0.767. The highest BCUT2D eigenvalue weighted by molar-refractivity contribution is 9.11. The van der Waals surface area contributed by atoms with Gasteiger partial charge in [0.2, 0.25) is 0 Å². The summed E-state index contributed by atoms with van der Waals surface area (Å²) in [6.45, 7) is 1.83. The molecular weight excluding hydrogens is 665 g/mol. The molecule has 13 heteroatoms. The van der Waals surface area contributed by atoms with Gasteiger partial charge in [-0.3, -0.25) is 0 Å². The maximum atomic E-state index is 13.2. The fourth-order valence-electron chi connectivity index (χ4n) is 4.57. The first-order chi connectivity index (χ1) is 18.4. The van der Waals surface area contributed by atoms with Gasteiger partial charge in [-0.15, -0.1) is 0 Å². The number of aromatic nitrogens is 3. The summed E-state index contributed by atoms with van der Waals surface area (Å²) < 4.78 is 40.8. The number of hydrogen-bond donors (Lipinski definition) is 3. The minimum Gasteiger partial charge on any atom is -0.478 e. The Kier molecular flexibility index (Phi) is 7.29. The molecule has 5 rings (SSSR count). The van der Waals surface area contributed by atoms with Crippen LogP contribution in [0.5, 0.6) is 0 Å². The van der Waals surface area contributed by atoms with E-state index in [-0.39, 0.29) is 17.2 Å². The van der Waals surface area contributed by atoms with E-state index in [0.29, 0.717) is 49.4 Å². The van der Waals surface area contributed by atoms with Crippen LogP contribution in [0.3, 0.4) is 0 Å². The molecule has 4 N–H and O–H groups in total. The number of hydrogen-bond acceptors (Lipinski definition) is 6. The molecule has 0 amide bonds. The first kappa shape index (κ1) is 27.7. The molecule has 1 aromatic carbocycles. The number of H-pyrrole nitrogens is 1. The largest absolute Gasteiger partial charge is 0.478 e. The molecule has 39 heavy (non-hydrogen) atoms. The minimum atomic E-state index is -4.51. The second-order valence-corrected chi connectivity index (χ2v) is 11.7. The lowest BCUT2D eigenvalue weighted by atomic mass is 9.79. The number of anilines is 2. The zero-order valence-electron chi connectivity index (χ0n) is 20.2. The van der Waals surface area contributed by atoms with Crippen LogP contribution in [0.2, 0.25) is 0 Å². The molecule has 0 fully saturated rings. The van der Waals surface area contributed by atoms with Gasteiger partial charge in [0.25, 0.3) is 5.01 Å². The number of alkyl halides is 3. The Morgan fingerprint density at radius 1 is 1.21 bits per heavy atom. The van der Waals surface area contributed by atoms with Crippen LogP contribution in [0.15, 0.2) is 51.7 Å². The number of pyridine rings is 2. The summed E-state index contributed by atoms with van der Waals surface area (Å²) in [6.07, 6.45) is 0.0602. The Hall–Kier alpha value is -2.87. The monoisotopic (exact) mass is 683 g/mol. The van der Waals surface area contributed by atoms with E-state index in [4.69, 9.17) is 0 Å². The number of rotatable bonds is 5. The molecule has 0 saturated heterocycles. The highest BCUT2D eigenvalue weighted by atomic mass is 79.9. The van der Waals surface area contributed by atoms with E-state index in [2.05, 4.69) is 52.1 Å². The highest BCUT2D eigenvalue weighted by Crippen LogP contribution is 2.44. The summed E-state index contributed by atoms with van der Waals surface area (Å²) in [6, 6.07) is 6.56. The van der Waals surface area contributed by atoms with Gasteiger partial charge in [0.15, 0.2) is 11.8 Å². The van der Waals surface area contributed by atoms with Gasteiger partial charge < -0.3 is 15.5 Å². The quantitative estimate of drug-likeness (QED) is 0.211. The molecule has 0 bridgehead atoms. The van der Waals surface area contributed by atoms with Crippen LogP contribution in [0.4, 0.5) is 24.8 Å². The third-order valence-electron chi connectivity index (χ3n) is 6.57. The fraction of sp³-hybridized carbons (Fsp3) is 0.231. The van der Waals surface area contributed by atoms with E-state index in [9.17, 15) is 28.2 Å². The van der Waals surface area contributed by atoms with Crippen LogP contribution in [0, 0.1) is 6.92 Å². The normalized spacial score (nSPS) is 17.1. The van der Waals surface area contributed by atoms with Crippen LogP contribution in [0.25, 0.3) is 10.6 Å². The highest BCUT2D eigenvalue weighted by Gasteiger charge is 2.43. The average molecular weight is 685 g/mol. The number of thiazole rings is 1. The number of aliphatic hydroxyl groups is 1. The van der Waals surface area contributed by atoms with Gasteiger partial charge in [0, 0.05) is 10.7 Å². The van der Waals surface area contributed by atoms with E-state index in [1.807, 2.05) is 6.92 Å². The van der Waals surface area contributed by atoms with Crippen LogP contribution in [-0.4, -0.2) is 26.2 Å². The number of halogens is 5. The lowest BCUT2D eigenvalue weighted by Crippen LogP contribution is -2.35. The molecule has 1 atom stereocenters. The molecular formula is C26H20Br2F3N4O3S+. The summed E-state index contributed by atoms with van der Waals surface area (Å²) in [5.41, 5.74) is 0.701. The van der Waals surface area contributed by atoms with Gasteiger partial charge in [-0.2, -0.15) is 13.2 Å². The van der Waals surface area contributed by atoms with Crippen LogP contribution in [0.1, 0.15) is 50.5 Å². The number of fused-ring (bicyclic) bond motifs is 1. The molecule has 202 valence electrons. The first-order valence-corrected chi connectivity index (χ1v) is 14.1. The van der Waals surface area contributed by atoms with E-state index >= 15 is 0 Å². The third kappa shape index (κ3) is 5.20. The topological polar surface area (TPSA) is 109 Å². The minimum absolute atomic E-state index is 0.0158. The number of aromatic amines is 1. The second kappa shape index (κ2) is 10.3. The van der Waals surface area contributed by atoms with Gasteiger partial charge in [0.05, 0.1) is 15.6 Å². The fourth-order valence-corrected chi connectivity index (χ4v) is 6.93. The zero-order chi connectivity index (χ0) is 28.1. The van der Waals surface area contributed by atoms with Crippen molar-refractivity contribution in [2.75, 3.05) is 5.32 Å². The van der Waals surface area contributed by atoms with Crippen molar-refractivity contribution < 1.29 is 33.2 Å². The Morgan fingerprint density at radius 3 is 2.69 bits per heavy atom. The molecule has 0 spiro atoms. The number of aryl methyl sites for hydroxylation is 1. The number of carboxylic acid groups (broad SMARTS) is 1. The molecule has 0 aliphatic heterocycles. The van der Waals surface area contributed by atoms with E-state index in [1.54, 1.807) is 18.3 Å². The Balaban J connectivity index is 1.53. The zero-order valence-corrected chi connectivity index (χ0v) is 24.1. The van der Waals surface area contributed by atoms with Gasteiger partial charge >= 0.3 is 12.1 Å². The van der Waals surface area contributed by atoms with Crippen molar-refractivity contribution in [3.05, 3.63) is 84.5 Å². The van der Waals surface area contributed by atoms with E-state index in [0.717, 1.165) is 29.5 Å². The number of carbonyl (C=O) groups is 1. The first-order valence-electron chi connectivity index (χ1n) is 11.7. The summed E-state index contributed by atoms with van der Waals surface area (Å²) in [5, 5.41) is 24.6. The van der Waals surface area contributed by atoms with Gasteiger partial charge in [-0.1, -0.05) is 17.4 Å². The van der Waals surface area contributed by atoms with Gasteiger partial charge in [-0.05, 0) is 99.0 Å². The van der Waals surface area contributed by atoms with Crippen molar-refractivity contribution in [2.24, 2.45) is 0 Å². The number of nitrogens with one attached hydrogen (secondary N) is 2. The smallest absolute Gasteiger partial charge is 0.416 e. The second-order valence-electron chi connectivity index (χ2n) is 9.09. The van der Waals surface area contributed by atoms with Crippen LogP contribution >= 0.6 is 43.2 Å². The average Bonchev–Trinajstić information content (AvgIpc) is 3.39. The van der Waals surface area contributed by atoms with Gasteiger partial charge in [-0.25, -0.2) is 19.7 Å². The number of carboxylic acids is 1. The van der Waals surface area contributed by atoms with Crippen molar-refractivity contribution in [3.63, 3.8) is 0 Å². The molecule has 1 aliphatic carbocycles. The Bertz CT molecular complexity index is 1610. The maximum absolute atomic E-state index is 13.2. The van der Waals surface area contributed by atoms with Crippen molar-refractivity contribution in [1.82, 2.24) is 9.97 Å². The lowest BCUT2D eigenvalue weighted by molar-refractivity contribution is -0.397.